The van der Waals surface area contributed by atoms with E-state index in [1.807, 2.05) is 67.6 Å². The molecular weight excluding hydrogens is 364 g/mol. The summed E-state index contributed by atoms with van der Waals surface area (Å²) >= 11 is 0. The number of anilines is 1. The van der Waals surface area contributed by atoms with Gasteiger partial charge in [0.2, 0.25) is 0 Å². The average Bonchev–Trinajstić information content (AvgIpc) is 3.05. The molecule has 3 aromatic rings. The third-order valence-corrected chi connectivity index (χ3v) is 4.77. The number of nitrogens with zero attached hydrogens (tertiary/aromatic N) is 2. The molecule has 142 valence electrons. The van der Waals surface area contributed by atoms with Crippen molar-refractivity contribution < 1.29 is 9.72 Å². The van der Waals surface area contributed by atoms with Gasteiger partial charge >= 0.3 is 0 Å². The number of rotatable bonds is 4. The Bertz CT molecular complexity index is 1130. The highest BCUT2D eigenvalue weighted by Crippen LogP contribution is 2.35. The minimum Gasteiger partial charge on any atom is -0.276 e. The molecule has 0 saturated heterocycles. The minimum atomic E-state index is -0.440. The second-order valence-electron chi connectivity index (χ2n) is 6.82. The van der Waals surface area contributed by atoms with Crippen LogP contribution in [0.2, 0.25) is 0 Å². The lowest BCUT2D eigenvalue weighted by atomic mass is 10.1. The lowest BCUT2D eigenvalue weighted by Gasteiger charge is -2.20. The summed E-state index contributed by atoms with van der Waals surface area (Å²) in [6, 6.07) is 23.7. The number of amides is 1. The first kappa shape index (κ1) is 18.4. The van der Waals surface area contributed by atoms with Gasteiger partial charge in [-0.3, -0.25) is 19.8 Å². The van der Waals surface area contributed by atoms with E-state index in [0.717, 1.165) is 28.1 Å². The van der Waals surface area contributed by atoms with Crippen molar-refractivity contribution in [3.63, 3.8) is 0 Å². The number of nitro benzene ring substituents is 1. The molecule has 0 bridgehead atoms. The standard InChI is InChI=1S/C24H18N2O3/c1-17-7-11-19(12-8-17)23-16-20(15-18-9-13-22(14-10-18)26(28)29)24(27)25(23)21-5-3-2-4-6-21/h2-16H,1H3/b20-15+. The van der Waals surface area contributed by atoms with Crippen LogP contribution in [-0.2, 0) is 4.79 Å². The average molecular weight is 382 g/mol. The van der Waals surface area contributed by atoms with Gasteiger partial charge in [-0.15, -0.1) is 0 Å². The van der Waals surface area contributed by atoms with E-state index < -0.39 is 4.92 Å². The van der Waals surface area contributed by atoms with Crippen LogP contribution in [0.25, 0.3) is 11.8 Å². The fraction of sp³-hybridized carbons (Fsp3) is 0.0417. The molecule has 0 atom stereocenters. The summed E-state index contributed by atoms with van der Waals surface area (Å²) in [6.45, 7) is 2.02. The van der Waals surface area contributed by atoms with Crippen molar-refractivity contribution in [2.45, 2.75) is 6.92 Å². The molecule has 5 nitrogen and oxygen atoms in total. The summed E-state index contributed by atoms with van der Waals surface area (Å²) in [5.74, 6) is -0.134. The van der Waals surface area contributed by atoms with Crippen LogP contribution in [0, 0.1) is 17.0 Å². The normalized spacial score (nSPS) is 14.9. The van der Waals surface area contributed by atoms with E-state index >= 15 is 0 Å². The molecule has 0 fully saturated rings. The summed E-state index contributed by atoms with van der Waals surface area (Å²) < 4.78 is 0. The number of hydrogen-bond acceptors (Lipinski definition) is 3. The number of nitro groups is 1. The predicted octanol–water partition coefficient (Wildman–Crippen LogP) is 5.37. The van der Waals surface area contributed by atoms with Crippen LogP contribution in [0.3, 0.4) is 0 Å². The van der Waals surface area contributed by atoms with Crippen molar-refractivity contribution >= 4 is 29.1 Å². The molecule has 1 aliphatic rings. The molecule has 0 radical (unpaired) electrons. The second kappa shape index (κ2) is 7.56. The largest absolute Gasteiger partial charge is 0.276 e. The lowest BCUT2D eigenvalue weighted by Crippen LogP contribution is -2.24. The summed E-state index contributed by atoms with van der Waals surface area (Å²) in [5, 5.41) is 10.9. The molecule has 5 heteroatoms. The molecule has 4 rings (SSSR count). The van der Waals surface area contributed by atoms with Crippen molar-refractivity contribution in [2.24, 2.45) is 0 Å². The Morgan fingerprint density at radius 3 is 2.17 bits per heavy atom. The van der Waals surface area contributed by atoms with Crippen molar-refractivity contribution in [1.29, 1.82) is 0 Å². The summed E-state index contributed by atoms with van der Waals surface area (Å²) in [7, 11) is 0. The third kappa shape index (κ3) is 3.71. The Hall–Kier alpha value is -3.99. The number of benzene rings is 3. The van der Waals surface area contributed by atoms with Gasteiger partial charge < -0.3 is 0 Å². The van der Waals surface area contributed by atoms with Crippen LogP contribution in [0.1, 0.15) is 16.7 Å². The van der Waals surface area contributed by atoms with Crippen LogP contribution in [-0.4, -0.2) is 10.8 Å². The highest BCUT2D eigenvalue weighted by molar-refractivity contribution is 6.23. The number of aryl methyl sites for hydroxylation is 1. The van der Waals surface area contributed by atoms with Gasteiger partial charge in [-0.1, -0.05) is 48.0 Å². The monoisotopic (exact) mass is 382 g/mol. The SMILES string of the molecule is Cc1ccc(C2=C/C(=C\c3ccc([N+](=O)[O-])cc3)C(=O)N2c2ccccc2)cc1. The fourth-order valence-corrected chi connectivity index (χ4v) is 3.26. The van der Waals surface area contributed by atoms with Crippen LogP contribution < -0.4 is 4.90 Å². The predicted molar refractivity (Wildman–Crippen MR) is 114 cm³/mol. The molecule has 1 heterocycles. The summed E-state index contributed by atoms with van der Waals surface area (Å²) in [6.07, 6.45) is 3.62. The molecule has 29 heavy (non-hydrogen) atoms. The quantitative estimate of drug-likeness (QED) is 0.346. The van der Waals surface area contributed by atoms with Crippen LogP contribution in [0.15, 0.2) is 90.5 Å². The zero-order valence-corrected chi connectivity index (χ0v) is 15.8. The smallest absolute Gasteiger partial charge is 0.269 e. The number of para-hydroxylation sites is 1. The molecular formula is C24H18N2O3. The van der Waals surface area contributed by atoms with Gasteiger partial charge in [0.1, 0.15) is 0 Å². The van der Waals surface area contributed by atoms with Crippen molar-refractivity contribution in [2.75, 3.05) is 4.90 Å². The highest BCUT2D eigenvalue weighted by atomic mass is 16.6. The van der Waals surface area contributed by atoms with E-state index in [1.165, 1.54) is 12.1 Å². The van der Waals surface area contributed by atoms with Gasteiger partial charge in [-0.2, -0.15) is 0 Å². The molecule has 0 aliphatic carbocycles. The van der Waals surface area contributed by atoms with E-state index in [4.69, 9.17) is 0 Å². The third-order valence-electron chi connectivity index (χ3n) is 4.77. The minimum absolute atomic E-state index is 0.0201. The van der Waals surface area contributed by atoms with Gasteiger partial charge in [0.25, 0.3) is 11.6 Å². The van der Waals surface area contributed by atoms with Gasteiger partial charge in [-0.25, -0.2) is 0 Å². The molecule has 3 aromatic carbocycles. The van der Waals surface area contributed by atoms with Gasteiger partial charge in [0, 0.05) is 23.4 Å². The van der Waals surface area contributed by atoms with Crippen molar-refractivity contribution in [3.05, 3.63) is 117 Å². The highest BCUT2D eigenvalue weighted by Gasteiger charge is 2.30. The van der Waals surface area contributed by atoms with Gasteiger partial charge in [0.05, 0.1) is 10.6 Å². The van der Waals surface area contributed by atoms with E-state index in [1.54, 1.807) is 23.1 Å². The fourth-order valence-electron chi connectivity index (χ4n) is 3.26. The number of hydrogen-bond donors (Lipinski definition) is 0. The summed E-state index contributed by atoms with van der Waals surface area (Å²) in [5.41, 5.74) is 4.95. The molecule has 0 unspecified atom stereocenters. The maximum atomic E-state index is 13.2. The Kier molecular flexibility index (Phi) is 4.79. The van der Waals surface area contributed by atoms with Gasteiger partial charge in [-0.05, 0) is 54.5 Å². The van der Waals surface area contributed by atoms with Crippen LogP contribution in [0.4, 0.5) is 11.4 Å². The van der Waals surface area contributed by atoms with Crippen LogP contribution in [0.5, 0.6) is 0 Å². The maximum absolute atomic E-state index is 13.2. The Balaban J connectivity index is 1.77. The van der Waals surface area contributed by atoms with Crippen LogP contribution >= 0.6 is 0 Å². The molecule has 1 aliphatic heterocycles. The Labute approximate surface area is 168 Å². The lowest BCUT2D eigenvalue weighted by molar-refractivity contribution is -0.384. The molecule has 0 saturated carbocycles. The summed E-state index contributed by atoms with van der Waals surface area (Å²) in [4.78, 5) is 25.3. The molecule has 0 aromatic heterocycles. The topological polar surface area (TPSA) is 63.5 Å². The number of non-ortho nitro benzene ring substituents is 1. The molecule has 0 N–H and O–H groups in total. The van der Waals surface area contributed by atoms with Crippen molar-refractivity contribution in [3.8, 4) is 0 Å². The molecule has 0 spiro atoms. The van der Waals surface area contributed by atoms with E-state index in [9.17, 15) is 14.9 Å². The number of carbonyl (C=O) groups is 1. The first-order valence-corrected chi connectivity index (χ1v) is 9.17. The first-order valence-electron chi connectivity index (χ1n) is 9.17. The maximum Gasteiger partial charge on any atom is 0.269 e. The van der Waals surface area contributed by atoms with E-state index in [0.29, 0.717) is 5.57 Å². The zero-order valence-electron chi connectivity index (χ0n) is 15.8. The Morgan fingerprint density at radius 1 is 0.897 bits per heavy atom. The first-order chi connectivity index (χ1) is 14.0. The van der Waals surface area contributed by atoms with E-state index in [2.05, 4.69) is 0 Å². The van der Waals surface area contributed by atoms with Gasteiger partial charge in [0.15, 0.2) is 0 Å². The van der Waals surface area contributed by atoms with Crippen molar-refractivity contribution in [1.82, 2.24) is 0 Å². The Morgan fingerprint density at radius 2 is 1.55 bits per heavy atom. The number of carbonyl (C=O) groups excluding carboxylic acids is 1. The second-order valence-corrected chi connectivity index (χ2v) is 6.82. The zero-order chi connectivity index (χ0) is 20.4. The van der Waals surface area contributed by atoms with E-state index in [-0.39, 0.29) is 11.6 Å². The molecule has 1 amide bonds.